The minimum Gasteiger partial charge on any atom is -0.206 e. The molecule has 3 aromatic carbocycles. The number of hydrogen-bond donors (Lipinski definition) is 0. The minimum atomic E-state index is -0.891. The van der Waals surface area contributed by atoms with E-state index < -0.39 is 22.5 Å². The molecule has 0 atom stereocenters. The van der Waals surface area contributed by atoms with E-state index in [4.69, 9.17) is 11.6 Å². The van der Waals surface area contributed by atoms with E-state index in [2.05, 4.69) is 6.92 Å². The fourth-order valence-electron chi connectivity index (χ4n) is 5.65. The molecule has 0 aromatic heterocycles. The Labute approximate surface area is 212 Å². The van der Waals surface area contributed by atoms with Gasteiger partial charge in [-0.15, -0.1) is 0 Å². The van der Waals surface area contributed by atoms with Crippen LogP contribution in [0.25, 0.3) is 21.9 Å². The molecule has 1 aliphatic rings. The van der Waals surface area contributed by atoms with Gasteiger partial charge in [-0.2, -0.15) is 0 Å². The molecule has 0 radical (unpaired) electrons. The Morgan fingerprint density at radius 2 is 1.43 bits per heavy atom. The number of halogens is 4. The summed E-state index contributed by atoms with van der Waals surface area (Å²) in [6.45, 7) is 2.27. The average Bonchev–Trinajstić information content (AvgIpc) is 2.86. The van der Waals surface area contributed by atoms with Crippen LogP contribution in [-0.2, 0) is 6.42 Å². The van der Waals surface area contributed by atoms with Crippen molar-refractivity contribution >= 4 is 22.4 Å². The molecule has 1 saturated carbocycles. The Morgan fingerprint density at radius 3 is 2.11 bits per heavy atom. The van der Waals surface area contributed by atoms with Gasteiger partial charge in [-0.1, -0.05) is 113 Å². The highest BCUT2D eigenvalue weighted by molar-refractivity contribution is 6.31. The molecule has 0 heterocycles. The summed E-state index contributed by atoms with van der Waals surface area (Å²) in [7, 11) is 0. The van der Waals surface area contributed by atoms with Gasteiger partial charge >= 0.3 is 0 Å². The van der Waals surface area contributed by atoms with Crippen molar-refractivity contribution in [3.05, 3.63) is 70.5 Å². The molecule has 3 aromatic rings. The van der Waals surface area contributed by atoms with Crippen LogP contribution in [0.5, 0.6) is 0 Å². The lowest BCUT2D eigenvalue weighted by atomic mass is 9.77. The standard InChI is InChI=1S/C31H36ClF3/c1-2-3-4-5-6-7-21-8-10-22(11-9-21)12-13-23-14-16-26-24(18-23)15-17-27(31(26)35)25-19-28(33)30(32)29(34)20-25/h14-22H,2-13H2,1H3. The number of aryl methyl sites for hydroxylation is 1. The lowest BCUT2D eigenvalue weighted by Crippen LogP contribution is -2.15. The van der Waals surface area contributed by atoms with Crippen LogP contribution in [0.2, 0.25) is 5.02 Å². The topological polar surface area (TPSA) is 0 Å². The van der Waals surface area contributed by atoms with Gasteiger partial charge in [0.2, 0.25) is 0 Å². The Balaban J connectivity index is 1.33. The maximum absolute atomic E-state index is 15.2. The number of benzene rings is 3. The summed E-state index contributed by atoms with van der Waals surface area (Å²) in [5.74, 6) is -0.539. The maximum Gasteiger partial charge on any atom is 0.145 e. The summed E-state index contributed by atoms with van der Waals surface area (Å²) in [4.78, 5) is 0. The molecule has 4 rings (SSSR count). The van der Waals surface area contributed by atoms with Crippen molar-refractivity contribution in [1.29, 1.82) is 0 Å². The largest absolute Gasteiger partial charge is 0.206 e. The number of hydrogen-bond acceptors (Lipinski definition) is 0. The SMILES string of the molecule is CCCCCCCC1CCC(CCc2ccc3c(F)c(-c4cc(F)c(Cl)c(F)c4)ccc3c2)CC1. The Morgan fingerprint density at radius 1 is 0.771 bits per heavy atom. The van der Waals surface area contributed by atoms with Crippen molar-refractivity contribution in [3.8, 4) is 11.1 Å². The Kier molecular flexibility index (Phi) is 9.16. The third-order valence-corrected chi connectivity index (χ3v) is 8.20. The van der Waals surface area contributed by atoms with Crippen LogP contribution >= 0.6 is 11.6 Å². The number of rotatable bonds is 10. The fraction of sp³-hybridized carbons (Fsp3) is 0.484. The third-order valence-electron chi connectivity index (χ3n) is 7.84. The zero-order valence-corrected chi connectivity index (χ0v) is 21.4. The molecule has 0 aliphatic heterocycles. The first-order valence-electron chi connectivity index (χ1n) is 13.3. The maximum atomic E-state index is 15.2. The number of fused-ring (bicyclic) bond motifs is 1. The first-order valence-corrected chi connectivity index (χ1v) is 13.7. The molecule has 1 aliphatic carbocycles. The first-order chi connectivity index (χ1) is 17.0. The molecule has 0 saturated heterocycles. The average molecular weight is 501 g/mol. The normalized spacial score (nSPS) is 18.3. The molecule has 1 fully saturated rings. The zero-order chi connectivity index (χ0) is 24.8. The van der Waals surface area contributed by atoms with Gasteiger partial charge in [-0.25, -0.2) is 13.2 Å². The van der Waals surface area contributed by atoms with E-state index >= 15 is 4.39 Å². The Bertz CT molecular complexity index is 1110. The lowest BCUT2D eigenvalue weighted by molar-refractivity contribution is 0.249. The summed E-state index contributed by atoms with van der Waals surface area (Å²) in [6.07, 6.45) is 15.9. The van der Waals surface area contributed by atoms with E-state index in [-0.39, 0.29) is 11.1 Å². The van der Waals surface area contributed by atoms with Crippen molar-refractivity contribution < 1.29 is 13.2 Å². The van der Waals surface area contributed by atoms with E-state index in [9.17, 15) is 8.78 Å². The summed E-state index contributed by atoms with van der Waals surface area (Å²) in [6, 6.07) is 11.4. The highest BCUT2D eigenvalue weighted by Crippen LogP contribution is 2.36. The summed E-state index contributed by atoms with van der Waals surface area (Å²) in [5, 5.41) is 0.697. The van der Waals surface area contributed by atoms with Gasteiger partial charge in [-0.05, 0) is 53.3 Å². The quantitative estimate of drug-likeness (QED) is 0.192. The predicted octanol–water partition coefficient (Wildman–Crippen LogP) is 10.7. The van der Waals surface area contributed by atoms with Gasteiger partial charge in [0.15, 0.2) is 0 Å². The van der Waals surface area contributed by atoms with Gasteiger partial charge in [0.05, 0.1) is 0 Å². The van der Waals surface area contributed by atoms with Gasteiger partial charge in [0.25, 0.3) is 0 Å². The van der Waals surface area contributed by atoms with Crippen LogP contribution in [0, 0.1) is 29.3 Å². The molecule has 188 valence electrons. The minimum absolute atomic E-state index is 0.143. The lowest BCUT2D eigenvalue weighted by Gasteiger charge is -2.28. The second-order valence-corrected chi connectivity index (χ2v) is 10.7. The molecule has 0 spiro atoms. The van der Waals surface area contributed by atoms with E-state index in [0.29, 0.717) is 5.39 Å². The monoisotopic (exact) mass is 500 g/mol. The fourth-order valence-corrected chi connectivity index (χ4v) is 5.76. The second-order valence-electron chi connectivity index (χ2n) is 10.4. The first kappa shape index (κ1) is 26.1. The molecule has 0 N–H and O–H groups in total. The van der Waals surface area contributed by atoms with E-state index in [1.807, 2.05) is 18.2 Å². The van der Waals surface area contributed by atoms with Crippen molar-refractivity contribution in [2.45, 2.75) is 84.0 Å². The van der Waals surface area contributed by atoms with Crippen molar-refractivity contribution in [2.75, 3.05) is 0 Å². The van der Waals surface area contributed by atoms with E-state index in [1.165, 1.54) is 76.2 Å². The highest BCUT2D eigenvalue weighted by atomic mass is 35.5. The molecule has 0 amide bonds. The number of unbranched alkanes of at least 4 members (excludes halogenated alkanes) is 4. The molecule has 4 heteroatoms. The van der Waals surface area contributed by atoms with Gasteiger partial charge < -0.3 is 0 Å². The van der Waals surface area contributed by atoms with Gasteiger partial charge in [-0.3, -0.25) is 0 Å². The smallest absolute Gasteiger partial charge is 0.145 e. The van der Waals surface area contributed by atoms with Crippen LogP contribution in [0.1, 0.15) is 83.1 Å². The molecule has 0 nitrogen and oxygen atoms in total. The summed E-state index contributed by atoms with van der Waals surface area (Å²) in [5.41, 5.74) is 1.53. The predicted molar refractivity (Wildman–Crippen MR) is 141 cm³/mol. The zero-order valence-electron chi connectivity index (χ0n) is 20.7. The van der Waals surface area contributed by atoms with Gasteiger partial charge in [0.1, 0.15) is 22.5 Å². The van der Waals surface area contributed by atoms with Gasteiger partial charge in [0, 0.05) is 10.9 Å². The molecule has 0 unspecified atom stereocenters. The van der Waals surface area contributed by atoms with Crippen molar-refractivity contribution in [3.63, 3.8) is 0 Å². The molecule has 35 heavy (non-hydrogen) atoms. The van der Waals surface area contributed by atoms with Crippen molar-refractivity contribution in [1.82, 2.24) is 0 Å². The van der Waals surface area contributed by atoms with Crippen molar-refractivity contribution in [2.24, 2.45) is 11.8 Å². The van der Waals surface area contributed by atoms with E-state index in [1.54, 1.807) is 12.1 Å². The van der Waals surface area contributed by atoms with Crippen LogP contribution in [0.3, 0.4) is 0 Å². The third kappa shape index (κ3) is 6.61. The summed E-state index contributed by atoms with van der Waals surface area (Å²) >= 11 is 5.57. The van der Waals surface area contributed by atoms with E-state index in [0.717, 1.165) is 35.8 Å². The van der Waals surface area contributed by atoms with Crippen LogP contribution in [0.15, 0.2) is 42.5 Å². The molecular weight excluding hydrogens is 465 g/mol. The van der Waals surface area contributed by atoms with Crippen LogP contribution in [0.4, 0.5) is 13.2 Å². The second kappa shape index (κ2) is 12.3. The highest BCUT2D eigenvalue weighted by Gasteiger charge is 2.21. The van der Waals surface area contributed by atoms with Crippen LogP contribution in [-0.4, -0.2) is 0 Å². The summed E-state index contributed by atoms with van der Waals surface area (Å²) < 4.78 is 43.0. The Hall–Kier alpha value is -2.00. The van der Waals surface area contributed by atoms with Crippen LogP contribution < -0.4 is 0 Å². The molecular formula is C31H36ClF3. The molecule has 0 bridgehead atoms.